The van der Waals surface area contributed by atoms with Gasteiger partial charge in [-0.15, -0.1) is 0 Å². The Bertz CT molecular complexity index is 457. The van der Waals surface area contributed by atoms with E-state index >= 15 is 0 Å². The molecule has 0 saturated carbocycles. The van der Waals surface area contributed by atoms with Crippen LogP contribution in [0.15, 0.2) is 24.3 Å². The molecule has 0 aromatic rings. The molecule has 0 rings (SSSR count). The van der Waals surface area contributed by atoms with Crippen LogP contribution in [0.3, 0.4) is 0 Å². The van der Waals surface area contributed by atoms with Gasteiger partial charge in [-0.25, -0.2) is 9.59 Å². The van der Waals surface area contributed by atoms with Gasteiger partial charge in [-0.1, -0.05) is 13.2 Å². The molecule has 0 amide bonds. The summed E-state index contributed by atoms with van der Waals surface area (Å²) in [5.41, 5.74) is 0.644. The van der Waals surface area contributed by atoms with E-state index in [1.165, 1.54) is 0 Å². The molecule has 2 N–H and O–H groups in total. The molecule has 0 saturated heterocycles. The number of rotatable bonds is 12. The Labute approximate surface area is 151 Å². The van der Waals surface area contributed by atoms with Gasteiger partial charge >= 0.3 is 29.1 Å². The first kappa shape index (κ1) is 23.7. The zero-order valence-electron chi connectivity index (χ0n) is 15.6. The topological polar surface area (TPSA) is 102 Å². The largest absolute Gasteiger partial charge is 0.462 e. The second-order valence-corrected chi connectivity index (χ2v) is 13.0. The van der Waals surface area contributed by atoms with Gasteiger partial charge in [0.25, 0.3) is 0 Å². The van der Waals surface area contributed by atoms with Gasteiger partial charge in [0.1, 0.15) is 0 Å². The maximum Gasteiger partial charge on any atom is 0.333 e. The number of carbonyl (C=O) groups is 2. The van der Waals surface area contributed by atoms with Crippen LogP contribution in [-0.2, 0) is 23.2 Å². The van der Waals surface area contributed by atoms with Crippen molar-refractivity contribution in [3.05, 3.63) is 24.3 Å². The molecule has 0 heterocycles. The monoisotopic (exact) mass is 390 g/mol. The molecule has 0 aliphatic heterocycles. The van der Waals surface area contributed by atoms with Gasteiger partial charge in [-0.2, -0.15) is 0 Å². The maximum absolute atomic E-state index is 11.3. The fourth-order valence-electron chi connectivity index (χ4n) is 1.95. The number of hydrogen-bond acceptors (Lipinski definition) is 7. The Hall–Kier alpha value is -1.27. The second kappa shape index (κ2) is 10.7. The highest BCUT2D eigenvalue weighted by Gasteiger charge is 2.38. The summed E-state index contributed by atoms with van der Waals surface area (Å²) in [6.45, 7) is 13.6. The lowest BCUT2D eigenvalue weighted by Gasteiger charge is -2.30. The van der Waals surface area contributed by atoms with E-state index in [4.69, 9.17) is 13.6 Å². The second-order valence-electron chi connectivity index (χ2n) is 6.49. The van der Waals surface area contributed by atoms with Gasteiger partial charge in [0.2, 0.25) is 0 Å². The van der Waals surface area contributed by atoms with Crippen LogP contribution in [0, 0.1) is 0 Å². The average Bonchev–Trinajstić information content (AvgIpc) is 2.46. The summed E-state index contributed by atoms with van der Waals surface area (Å²) in [5, 5.41) is 0. The molecule has 2 unspecified atom stereocenters. The van der Waals surface area contributed by atoms with E-state index in [0.717, 1.165) is 0 Å². The molecule has 144 valence electrons. The van der Waals surface area contributed by atoms with Crippen LogP contribution >= 0.6 is 0 Å². The smallest absolute Gasteiger partial charge is 0.333 e. The Morgan fingerprint density at radius 2 is 1.16 bits per heavy atom. The first-order valence-corrected chi connectivity index (χ1v) is 13.3. The quantitative estimate of drug-likeness (QED) is 0.228. The van der Waals surface area contributed by atoms with Crippen LogP contribution in [-0.4, -0.2) is 51.9 Å². The summed E-state index contributed by atoms with van der Waals surface area (Å²) in [5.74, 6) is -0.930. The predicted octanol–water partition coefficient (Wildman–Crippen LogP) is 2.15. The van der Waals surface area contributed by atoms with Crippen LogP contribution in [0.2, 0.25) is 25.2 Å². The average molecular weight is 391 g/mol. The van der Waals surface area contributed by atoms with Crippen molar-refractivity contribution in [2.24, 2.45) is 0 Å². The lowest BCUT2D eigenvalue weighted by atomic mass is 10.4. The summed E-state index contributed by atoms with van der Waals surface area (Å²) in [6.07, 6.45) is 0.887. The zero-order valence-corrected chi connectivity index (χ0v) is 17.6. The molecular weight excluding hydrogens is 360 g/mol. The van der Waals surface area contributed by atoms with Gasteiger partial charge in [0.05, 0.1) is 13.2 Å². The number of ether oxygens (including phenoxy) is 2. The summed E-state index contributed by atoms with van der Waals surface area (Å²) in [6, 6.07) is 0.675. The van der Waals surface area contributed by atoms with Crippen molar-refractivity contribution in [1.29, 1.82) is 0 Å². The Balaban J connectivity index is 4.14. The number of hydrogen-bond donors (Lipinski definition) is 2. The molecule has 7 nitrogen and oxygen atoms in total. The fourth-order valence-corrected chi connectivity index (χ4v) is 8.16. The van der Waals surface area contributed by atoms with Crippen LogP contribution < -0.4 is 0 Å². The van der Waals surface area contributed by atoms with E-state index in [1.54, 1.807) is 26.9 Å². The summed E-state index contributed by atoms with van der Waals surface area (Å²) < 4.78 is 15.5. The third kappa shape index (κ3) is 11.8. The predicted molar refractivity (Wildman–Crippen MR) is 99.2 cm³/mol. The minimum Gasteiger partial charge on any atom is -0.462 e. The molecule has 0 spiro atoms. The van der Waals surface area contributed by atoms with Gasteiger partial charge in [-0.05, 0) is 51.9 Å². The lowest BCUT2D eigenvalue weighted by Crippen LogP contribution is -2.48. The normalized spacial score (nSPS) is 15.6. The Morgan fingerprint density at radius 1 is 0.840 bits per heavy atom. The van der Waals surface area contributed by atoms with Gasteiger partial charge in [0.15, 0.2) is 0 Å². The highest BCUT2D eigenvalue weighted by atomic mass is 28.5. The molecule has 0 aromatic carbocycles. The van der Waals surface area contributed by atoms with Crippen LogP contribution in [0.5, 0.6) is 0 Å². The van der Waals surface area contributed by atoms with Crippen LogP contribution in [0.4, 0.5) is 0 Å². The first-order valence-electron chi connectivity index (χ1n) is 8.16. The summed E-state index contributed by atoms with van der Waals surface area (Å²) in [4.78, 5) is 43.3. The molecule has 0 bridgehead atoms. The van der Waals surface area contributed by atoms with E-state index in [9.17, 15) is 19.2 Å². The van der Waals surface area contributed by atoms with Crippen molar-refractivity contribution in [2.75, 3.05) is 13.2 Å². The fraction of sp³-hybridized carbons (Fsp3) is 0.625. The molecule has 0 radical (unpaired) electrons. The van der Waals surface area contributed by atoms with E-state index in [2.05, 4.69) is 13.2 Å². The van der Waals surface area contributed by atoms with Gasteiger partial charge < -0.3 is 23.2 Å². The summed E-state index contributed by atoms with van der Waals surface area (Å²) >= 11 is 0. The van der Waals surface area contributed by atoms with Gasteiger partial charge in [-0.3, -0.25) is 0 Å². The van der Waals surface area contributed by atoms with Crippen LogP contribution in [0.1, 0.15) is 26.7 Å². The van der Waals surface area contributed by atoms with Crippen molar-refractivity contribution in [2.45, 2.75) is 51.9 Å². The molecule has 0 aromatic heterocycles. The number of esters is 2. The van der Waals surface area contributed by atoms with Crippen molar-refractivity contribution < 1.29 is 32.8 Å². The summed E-state index contributed by atoms with van der Waals surface area (Å²) in [7, 11) is -6.12. The van der Waals surface area contributed by atoms with E-state index in [-0.39, 0.29) is 13.2 Å². The Morgan fingerprint density at radius 3 is 1.44 bits per heavy atom. The standard InChI is InChI=1S/C16H30O7Si2/c1-13(2)15(17)21-9-7-11-24(5,19)23-25(6,20)12-8-10-22-16(18)14(3)4/h19-20H,1,3,7-12H2,2,4-6H3. The number of carbonyl (C=O) groups excluding carboxylic acids is 2. The molecule has 25 heavy (non-hydrogen) atoms. The zero-order chi connectivity index (χ0) is 19.7. The van der Waals surface area contributed by atoms with E-state index in [0.29, 0.717) is 36.1 Å². The van der Waals surface area contributed by atoms with E-state index < -0.39 is 29.1 Å². The van der Waals surface area contributed by atoms with Crippen molar-refractivity contribution in [3.63, 3.8) is 0 Å². The SMILES string of the molecule is C=C(C)C(=O)OCCC[Si](C)(O)O[Si](C)(O)CCCOC(=O)C(=C)C. The molecule has 0 aliphatic rings. The third-order valence-electron chi connectivity index (χ3n) is 3.17. The maximum atomic E-state index is 11.3. The lowest BCUT2D eigenvalue weighted by molar-refractivity contribution is -0.139. The minimum atomic E-state index is -3.06. The van der Waals surface area contributed by atoms with Crippen molar-refractivity contribution >= 4 is 29.1 Å². The molecule has 2 atom stereocenters. The molecule has 9 heteroatoms. The third-order valence-corrected chi connectivity index (χ3v) is 9.25. The Kier molecular flexibility index (Phi) is 10.1. The highest BCUT2D eigenvalue weighted by molar-refractivity contribution is 6.78. The van der Waals surface area contributed by atoms with Crippen molar-refractivity contribution in [3.8, 4) is 0 Å². The minimum absolute atomic E-state index is 0.165. The molecule has 0 fully saturated rings. The van der Waals surface area contributed by atoms with E-state index in [1.807, 2.05) is 0 Å². The van der Waals surface area contributed by atoms with Crippen LogP contribution in [0.25, 0.3) is 0 Å². The van der Waals surface area contributed by atoms with Crippen molar-refractivity contribution in [1.82, 2.24) is 0 Å². The van der Waals surface area contributed by atoms with Gasteiger partial charge in [0, 0.05) is 11.1 Å². The molecular formula is C16H30O7Si2. The highest BCUT2D eigenvalue weighted by Crippen LogP contribution is 2.20. The first-order chi connectivity index (χ1) is 11.4. The molecule has 0 aliphatic carbocycles.